The maximum atomic E-state index is 11.5. The van der Waals surface area contributed by atoms with Gasteiger partial charge in [-0.3, -0.25) is 0 Å². The number of nitrogens with zero attached hydrogens (tertiary/aromatic N) is 1. The lowest BCUT2D eigenvalue weighted by Crippen LogP contribution is -2.36. The zero-order valence-corrected chi connectivity index (χ0v) is 12.7. The minimum absolute atomic E-state index is 0.390. The molecule has 1 saturated heterocycles. The minimum Gasteiger partial charge on any atom is -0.465 e. The molecule has 1 aromatic heterocycles. The van der Waals surface area contributed by atoms with Crippen molar-refractivity contribution in [3.63, 3.8) is 0 Å². The monoisotopic (exact) mass is 296 g/mol. The molecule has 1 fully saturated rings. The molecule has 0 aliphatic carbocycles. The summed E-state index contributed by atoms with van der Waals surface area (Å²) in [5, 5.41) is 13.1. The summed E-state index contributed by atoms with van der Waals surface area (Å²) in [5.41, 5.74) is 0.451. The number of β-amino-alcohol motifs (C(OH)–C–C–N with tert-alkyl or cyclic N) is 1. The Morgan fingerprint density at radius 1 is 1.52 bits per heavy atom. The first-order chi connectivity index (χ1) is 10.1. The largest absolute Gasteiger partial charge is 0.465 e. The second-order valence-electron chi connectivity index (χ2n) is 5.47. The maximum Gasteiger partial charge on any atom is 0.341 e. The van der Waals surface area contributed by atoms with Crippen LogP contribution < -0.4 is 5.32 Å². The summed E-state index contributed by atoms with van der Waals surface area (Å²) in [6.45, 7) is 5.59. The van der Waals surface area contributed by atoms with Gasteiger partial charge >= 0.3 is 5.97 Å². The van der Waals surface area contributed by atoms with Crippen LogP contribution in [0.3, 0.4) is 0 Å². The van der Waals surface area contributed by atoms with Crippen molar-refractivity contribution in [2.45, 2.75) is 32.4 Å². The fourth-order valence-electron chi connectivity index (χ4n) is 2.63. The number of hydrogen-bond acceptors (Lipinski definition) is 6. The van der Waals surface area contributed by atoms with Gasteiger partial charge in [0, 0.05) is 13.1 Å². The van der Waals surface area contributed by atoms with Crippen LogP contribution in [-0.4, -0.2) is 55.4 Å². The van der Waals surface area contributed by atoms with Crippen molar-refractivity contribution in [3.05, 3.63) is 23.2 Å². The van der Waals surface area contributed by atoms with E-state index in [4.69, 9.17) is 4.42 Å². The molecule has 1 unspecified atom stereocenters. The number of aryl methyl sites for hydroxylation is 1. The molecule has 118 valence electrons. The predicted molar refractivity (Wildman–Crippen MR) is 78.2 cm³/mol. The number of carbonyl (C=O) groups is 1. The number of nitrogens with one attached hydrogen (secondary N) is 1. The summed E-state index contributed by atoms with van der Waals surface area (Å²) in [7, 11) is 1.35. The summed E-state index contributed by atoms with van der Waals surface area (Å²) in [4.78, 5) is 13.8. The highest BCUT2D eigenvalue weighted by Gasteiger charge is 2.17. The lowest BCUT2D eigenvalue weighted by molar-refractivity contribution is 0.0599. The Kier molecular flexibility index (Phi) is 5.78. The van der Waals surface area contributed by atoms with Gasteiger partial charge in [-0.05, 0) is 38.9 Å². The highest BCUT2D eigenvalue weighted by molar-refractivity contribution is 5.90. The number of esters is 1. The highest BCUT2D eigenvalue weighted by atomic mass is 16.5. The topological polar surface area (TPSA) is 74.9 Å². The van der Waals surface area contributed by atoms with E-state index >= 15 is 0 Å². The zero-order chi connectivity index (χ0) is 15.2. The van der Waals surface area contributed by atoms with E-state index in [9.17, 15) is 9.90 Å². The molecule has 0 radical (unpaired) electrons. The summed E-state index contributed by atoms with van der Waals surface area (Å²) in [6.07, 6.45) is 2.06. The molecule has 0 spiro atoms. The Balaban J connectivity index is 1.74. The average molecular weight is 296 g/mol. The molecule has 6 nitrogen and oxygen atoms in total. The van der Waals surface area contributed by atoms with Gasteiger partial charge in [-0.2, -0.15) is 0 Å². The molecular weight excluding hydrogens is 272 g/mol. The molecule has 1 aliphatic heterocycles. The van der Waals surface area contributed by atoms with Crippen molar-refractivity contribution in [1.29, 1.82) is 0 Å². The predicted octanol–water partition coefficient (Wildman–Crippen LogP) is 0.921. The molecule has 0 bridgehead atoms. The first-order valence-corrected chi connectivity index (χ1v) is 7.39. The normalized spacial score (nSPS) is 17.1. The van der Waals surface area contributed by atoms with Crippen LogP contribution in [0.4, 0.5) is 0 Å². The molecule has 2 rings (SSSR count). The standard InChI is InChI=1S/C15H24N2O4/c1-11-14(15(19)20-2)7-13(21-11)9-16-8-12(18)10-17-5-3-4-6-17/h7,12,16,18H,3-6,8-10H2,1-2H3. The Morgan fingerprint density at radius 3 is 2.90 bits per heavy atom. The fourth-order valence-corrected chi connectivity index (χ4v) is 2.63. The maximum absolute atomic E-state index is 11.5. The van der Waals surface area contributed by atoms with Crippen molar-refractivity contribution >= 4 is 5.97 Å². The summed E-state index contributed by atoms with van der Waals surface area (Å²) < 4.78 is 10.2. The van der Waals surface area contributed by atoms with Gasteiger partial charge in [0.2, 0.25) is 0 Å². The van der Waals surface area contributed by atoms with E-state index in [0.717, 1.165) is 13.1 Å². The van der Waals surface area contributed by atoms with Gasteiger partial charge in [-0.25, -0.2) is 4.79 Å². The first kappa shape index (κ1) is 16.0. The van der Waals surface area contributed by atoms with E-state index in [1.54, 1.807) is 13.0 Å². The van der Waals surface area contributed by atoms with Crippen LogP contribution in [-0.2, 0) is 11.3 Å². The van der Waals surface area contributed by atoms with E-state index in [1.807, 2.05) is 0 Å². The second-order valence-corrected chi connectivity index (χ2v) is 5.47. The third-order valence-electron chi connectivity index (χ3n) is 3.72. The molecule has 0 amide bonds. The van der Waals surface area contributed by atoms with Gasteiger partial charge in [-0.1, -0.05) is 0 Å². The number of rotatable bonds is 7. The Labute approximate surface area is 125 Å². The number of aliphatic hydroxyl groups is 1. The van der Waals surface area contributed by atoms with Crippen molar-refractivity contribution in [3.8, 4) is 0 Å². The summed E-state index contributed by atoms with van der Waals surface area (Å²) >= 11 is 0. The van der Waals surface area contributed by atoms with Gasteiger partial charge in [0.1, 0.15) is 17.1 Å². The Hall–Kier alpha value is -1.37. The number of furan rings is 1. The van der Waals surface area contributed by atoms with Crippen molar-refractivity contribution in [2.24, 2.45) is 0 Å². The molecule has 2 heterocycles. The van der Waals surface area contributed by atoms with Crippen LogP contribution in [0.15, 0.2) is 10.5 Å². The van der Waals surface area contributed by atoms with Crippen LogP contribution in [0.1, 0.15) is 34.7 Å². The van der Waals surface area contributed by atoms with Crippen LogP contribution in [0.2, 0.25) is 0 Å². The van der Waals surface area contributed by atoms with E-state index in [-0.39, 0.29) is 6.10 Å². The zero-order valence-electron chi connectivity index (χ0n) is 12.7. The number of ether oxygens (including phenoxy) is 1. The van der Waals surface area contributed by atoms with Gasteiger partial charge in [0.25, 0.3) is 0 Å². The lowest BCUT2D eigenvalue weighted by atomic mass is 10.2. The summed E-state index contributed by atoms with van der Waals surface area (Å²) in [5.74, 6) is 0.828. The number of methoxy groups -OCH3 is 1. The number of likely N-dealkylation sites (tertiary alicyclic amines) is 1. The van der Waals surface area contributed by atoms with Gasteiger partial charge in [0.05, 0.1) is 19.8 Å². The van der Waals surface area contributed by atoms with Gasteiger partial charge in [-0.15, -0.1) is 0 Å². The number of hydrogen-bond donors (Lipinski definition) is 2. The van der Waals surface area contributed by atoms with Crippen molar-refractivity contribution in [1.82, 2.24) is 10.2 Å². The smallest absolute Gasteiger partial charge is 0.341 e. The molecule has 1 aliphatic rings. The molecular formula is C15H24N2O4. The van der Waals surface area contributed by atoms with Crippen molar-refractivity contribution < 1.29 is 19.1 Å². The quantitative estimate of drug-likeness (QED) is 0.729. The third kappa shape index (κ3) is 4.56. The second kappa shape index (κ2) is 7.59. The number of carbonyl (C=O) groups excluding carboxylic acids is 1. The fraction of sp³-hybridized carbons (Fsp3) is 0.667. The molecule has 2 N–H and O–H groups in total. The first-order valence-electron chi connectivity index (χ1n) is 7.39. The minimum atomic E-state index is -0.392. The Bertz CT molecular complexity index is 466. The van der Waals surface area contributed by atoms with Gasteiger partial charge < -0.3 is 24.5 Å². The molecule has 1 atom stereocenters. The lowest BCUT2D eigenvalue weighted by Gasteiger charge is -2.19. The molecule has 1 aromatic rings. The van der Waals surface area contributed by atoms with E-state index < -0.39 is 5.97 Å². The highest BCUT2D eigenvalue weighted by Crippen LogP contribution is 2.15. The van der Waals surface area contributed by atoms with Crippen molar-refractivity contribution in [2.75, 3.05) is 33.3 Å². The Morgan fingerprint density at radius 2 is 2.24 bits per heavy atom. The van der Waals surface area contributed by atoms with E-state index in [2.05, 4.69) is 15.0 Å². The van der Waals surface area contributed by atoms with E-state index in [1.165, 1.54) is 20.0 Å². The number of aliphatic hydroxyl groups excluding tert-OH is 1. The third-order valence-corrected chi connectivity index (χ3v) is 3.72. The average Bonchev–Trinajstić information content (AvgIpc) is 3.08. The molecule has 21 heavy (non-hydrogen) atoms. The summed E-state index contributed by atoms with van der Waals surface area (Å²) in [6, 6.07) is 1.68. The van der Waals surface area contributed by atoms with Crippen LogP contribution in [0.25, 0.3) is 0 Å². The SMILES string of the molecule is COC(=O)c1cc(CNCC(O)CN2CCCC2)oc1C. The molecule has 0 saturated carbocycles. The van der Waals surface area contributed by atoms with Crippen LogP contribution in [0, 0.1) is 6.92 Å². The van der Waals surface area contributed by atoms with E-state index in [0.29, 0.717) is 36.7 Å². The van der Waals surface area contributed by atoms with Crippen LogP contribution >= 0.6 is 0 Å². The van der Waals surface area contributed by atoms with Crippen LogP contribution in [0.5, 0.6) is 0 Å². The van der Waals surface area contributed by atoms with Gasteiger partial charge in [0.15, 0.2) is 0 Å². The molecule has 0 aromatic carbocycles. The molecule has 6 heteroatoms.